The van der Waals surface area contributed by atoms with E-state index in [2.05, 4.69) is 41.2 Å². The third-order valence-electron chi connectivity index (χ3n) is 9.80. The first-order valence-electron chi connectivity index (χ1n) is 19.9. The summed E-state index contributed by atoms with van der Waals surface area (Å²) in [7, 11) is 0. The summed E-state index contributed by atoms with van der Waals surface area (Å²) >= 11 is 4.85. The van der Waals surface area contributed by atoms with E-state index in [0.717, 1.165) is 23.5 Å². The summed E-state index contributed by atoms with van der Waals surface area (Å²) in [6, 6.07) is -5.40. The molecule has 0 aromatic carbocycles. The Morgan fingerprint density at radius 3 is 1.34 bits per heavy atom. The Bertz CT molecular complexity index is 1870. The number of carboxylic acid groups (broad SMARTS) is 4. The molecule has 1 aliphatic rings. The highest BCUT2D eigenvalue weighted by molar-refractivity contribution is 8.00. The number of rotatable bonds is 28. The van der Waals surface area contributed by atoms with E-state index in [1.807, 2.05) is 0 Å². The van der Waals surface area contributed by atoms with Gasteiger partial charge < -0.3 is 53.2 Å². The topological polar surface area (TPSA) is 386 Å². The van der Waals surface area contributed by atoms with Crippen LogP contribution < -0.4 is 32.7 Å². The Morgan fingerprint density at radius 2 is 1.03 bits per heavy atom. The van der Waals surface area contributed by atoms with Crippen LogP contribution in [-0.2, 0) is 43.2 Å². The maximum absolute atomic E-state index is 15.0. The predicted molar refractivity (Wildman–Crippen MR) is 239 cm³/mol. The Hall–Kier alpha value is -5.09. The average Bonchev–Trinajstić information content (AvgIpc) is 3.28. The van der Waals surface area contributed by atoms with Gasteiger partial charge in [0, 0.05) is 36.2 Å². The standard InChI is InChI=1S/C38H52N10O13S4/c1-62-28-12-41-22(10-43-28)33(64-16-24(35(56)45-14-30(51)52)47-26(49)8-6-20(39)37(58)59)18-4-3-5-19(32(18)55)34(23-11-44-29(63-2)13-42-23)65-17-25(36(57)46-15-31(53)54)48-27(50)9-7-21(40)38(60)61/h10-13,18-21,24-25,33-34H,3-9,14-17,39-40H2,1-2H3,(H,45,56)(H,46,57)(H,47,49)(H,48,50)(H,51,52)(H,53,54)(H,58,59)(H,60,61)/t18?,19?,20-,21+,24-,25-,33?,34?/m0/s1. The number of nitrogens with zero attached hydrogens (tertiary/aromatic N) is 4. The van der Waals surface area contributed by atoms with Gasteiger partial charge >= 0.3 is 23.9 Å². The van der Waals surface area contributed by atoms with Crippen molar-refractivity contribution in [3.8, 4) is 0 Å². The molecule has 1 saturated carbocycles. The average molecular weight is 985 g/mol. The van der Waals surface area contributed by atoms with Crippen LogP contribution in [-0.4, -0.2) is 155 Å². The second-order valence-electron chi connectivity index (χ2n) is 14.5. The molecule has 2 aromatic rings. The molecule has 1 aliphatic carbocycles. The quantitative estimate of drug-likeness (QED) is 0.0489. The number of aromatic nitrogens is 4. The molecule has 2 heterocycles. The van der Waals surface area contributed by atoms with Crippen molar-refractivity contribution in [2.75, 3.05) is 37.1 Å². The fourth-order valence-corrected chi connectivity index (χ4v) is 9.87. The highest BCUT2D eigenvalue weighted by Crippen LogP contribution is 2.48. The zero-order chi connectivity index (χ0) is 48.2. The SMILES string of the molecule is CSc1cnc(C(SC[C@H](NC(=O)CC[C@@H](N)C(=O)O)C(=O)NCC(=O)O)C2CCCC(C(SC[C@H](NC(=O)CC[C@H](N)C(=O)O)C(=O)NCC(=O)O)c3cnc(SC)cn3)C2=O)cn1. The zero-order valence-electron chi connectivity index (χ0n) is 35.2. The first kappa shape index (κ1) is 54.2. The molecule has 1 fully saturated rings. The third kappa shape index (κ3) is 18.0. The summed E-state index contributed by atoms with van der Waals surface area (Å²) in [5, 5.41) is 45.9. The lowest BCUT2D eigenvalue weighted by atomic mass is 9.76. The molecular weight excluding hydrogens is 933 g/mol. The van der Waals surface area contributed by atoms with Gasteiger partial charge in [0.25, 0.3) is 0 Å². The molecule has 0 saturated heterocycles. The summed E-state index contributed by atoms with van der Waals surface area (Å²) in [4.78, 5) is 131. The third-order valence-corrected chi connectivity index (χ3v) is 14.0. The minimum Gasteiger partial charge on any atom is -0.480 e. The number of aliphatic carboxylic acids is 4. The highest BCUT2D eigenvalue weighted by atomic mass is 32.2. The van der Waals surface area contributed by atoms with Crippen molar-refractivity contribution in [1.29, 1.82) is 0 Å². The van der Waals surface area contributed by atoms with Gasteiger partial charge in [0.05, 0.1) is 46.7 Å². The molecule has 8 atom stereocenters. The molecule has 27 heteroatoms. The normalized spacial score (nSPS) is 17.6. The summed E-state index contributed by atoms with van der Waals surface area (Å²) < 4.78 is 0. The van der Waals surface area contributed by atoms with Crippen molar-refractivity contribution in [3.05, 3.63) is 36.2 Å². The number of thioether (sulfide) groups is 4. The summed E-state index contributed by atoms with van der Waals surface area (Å²) in [6.45, 7) is -1.53. The molecule has 2 aromatic heterocycles. The lowest BCUT2D eigenvalue weighted by molar-refractivity contribution is -0.140. The minimum absolute atomic E-state index is 0.197. The van der Waals surface area contributed by atoms with Crippen molar-refractivity contribution >= 4 is 100 Å². The number of hydrogen-bond donors (Lipinski definition) is 10. The van der Waals surface area contributed by atoms with E-state index in [4.69, 9.17) is 21.7 Å². The Balaban J connectivity index is 2.01. The Morgan fingerprint density at radius 1 is 0.646 bits per heavy atom. The van der Waals surface area contributed by atoms with Crippen LogP contribution >= 0.6 is 47.0 Å². The first-order chi connectivity index (χ1) is 30.8. The molecule has 356 valence electrons. The molecule has 0 aliphatic heterocycles. The molecule has 23 nitrogen and oxygen atoms in total. The lowest BCUT2D eigenvalue weighted by Gasteiger charge is -2.36. The van der Waals surface area contributed by atoms with Gasteiger partial charge in [-0.2, -0.15) is 0 Å². The smallest absolute Gasteiger partial charge is 0.322 e. The summed E-state index contributed by atoms with van der Waals surface area (Å²) in [5.41, 5.74) is 11.8. The van der Waals surface area contributed by atoms with Crippen molar-refractivity contribution in [1.82, 2.24) is 41.2 Å². The number of nitrogens with one attached hydrogen (secondary N) is 4. The molecule has 4 amide bonds. The van der Waals surface area contributed by atoms with Gasteiger partial charge in [-0.1, -0.05) is 6.42 Å². The maximum atomic E-state index is 15.0. The lowest BCUT2D eigenvalue weighted by Crippen LogP contribution is -2.50. The largest absolute Gasteiger partial charge is 0.480 e. The zero-order valence-corrected chi connectivity index (χ0v) is 38.5. The molecule has 3 rings (SSSR count). The Kier molecular flexibility index (Phi) is 22.9. The van der Waals surface area contributed by atoms with Crippen LogP contribution in [0.15, 0.2) is 34.8 Å². The number of ketones is 1. The van der Waals surface area contributed by atoms with Gasteiger partial charge in [0.1, 0.15) is 53.1 Å². The van der Waals surface area contributed by atoms with Gasteiger partial charge in [-0.3, -0.25) is 53.1 Å². The van der Waals surface area contributed by atoms with E-state index >= 15 is 0 Å². The van der Waals surface area contributed by atoms with E-state index < -0.39 is 107 Å². The number of carboxylic acids is 4. The van der Waals surface area contributed by atoms with Gasteiger partial charge in [-0.15, -0.1) is 47.0 Å². The van der Waals surface area contributed by atoms with Crippen LogP contribution in [0.25, 0.3) is 0 Å². The molecule has 65 heavy (non-hydrogen) atoms. The van der Waals surface area contributed by atoms with Crippen molar-refractivity contribution in [2.24, 2.45) is 23.3 Å². The van der Waals surface area contributed by atoms with Crippen LogP contribution in [0.3, 0.4) is 0 Å². The second-order valence-corrected chi connectivity index (χ2v) is 18.5. The fraction of sp³-hybridized carbons (Fsp3) is 0.553. The predicted octanol–water partition coefficient (Wildman–Crippen LogP) is -0.300. The van der Waals surface area contributed by atoms with Crippen LogP contribution in [0.1, 0.15) is 66.8 Å². The van der Waals surface area contributed by atoms with Crippen molar-refractivity contribution in [3.63, 3.8) is 0 Å². The summed E-state index contributed by atoms with van der Waals surface area (Å²) in [5.74, 6) is -10.8. The number of amides is 4. The van der Waals surface area contributed by atoms with E-state index in [9.17, 15) is 53.4 Å². The van der Waals surface area contributed by atoms with Crippen molar-refractivity contribution < 1.29 is 63.6 Å². The van der Waals surface area contributed by atoms with Gasteiger partial charge in [-0.05, 0) is 38.2 Å². The van der Waals surface area contributed by atoms with Crippen LogP contribution in [0.4, 0.5) is 0 Å². The highest BCUT2D eigenvalue weighted by Gasteiger charge is 2.43. The molecule has 0 spiro atoms. The molecule has 12 N–H and O–H groups in total. The minimum atomic E-state index is -1.35. The van der Waals surface area contributed by atoms with Crippen LogP contribution in [0, 0.1) is 11.8 Å². The van der Waals surface area contributed by atoms with E-state index in [0.29, 0.717) is 40.7 Å². The molecule has 0 bridgehead atoms. The van der Waals surface area contributed by atoms with E-state index in [1.165, 1.54) is 48.3 Å². The monoisotopic (exact) mass is 984 g/mol. The second kappa shape index (κ2) is 27.4. The molecular formula is C38H52N10O13S4. The van der Waals surface area contributed by atoms with Crippen LogP contribution in [0.2, 0.25) is 0 Å². The number of carbonyl (C=O) groups is 9. The maximum Gasteiger partial charge on any atom is 0.322 e. The molecule has 4 unspecified atom stereocenters. The van der Waals surface area contributed by atoms with E-state index in [1.54, 1.807) is 12.5 Å². The molecule has 0 radical (unpaired) electrons. The number of hydrogen-bond acceptors (Lipinski definition) is 19. The fourth-order valence-electron chi connectivity index (χ4n) is 6.38. The number of carbonyl (C=O) groups excluding carboxylic acids is 5. The van der Waals surface area contributed by atoms with Gasteiger partial charge in [0.2, 0.25) is 23.6 Å². The summed E-state index contributed by atoms with van der Waals surface area (Å²) in [6.07, 6.45) is 9.58. The number of Topliss-reactive ketones (excluding diaryl/α,β-unsaturated/α-hetero) is 1. The van der Waals surface area contributed by atoms with E-state index in [-0.39, 0.29) is 43.0 Å². The number of nitrogens with two attached hydrogens (primary N) is 2. The van der Waals surface area contributed by atoms with Gasteiger partial charge in [0.15, 0.2) is 0 Å². The van der Waals surface area contributed by atoms with Gasteiger partial charge in [-0.25, -0.2) is 9.97 Å². The first-order valence-corrected chi connectivity index (χ1v) is 24.4. The Labute approximate surface area is 389 Å². The van der Waals surface area contributed by atoms with Crippen molar-refractivity contribution in [2.45, 2.75) is 89.7 Å². The van der Waals surface area contributed by atoms with Crippen LogP contribution in [0.5, 0.6) is 0 Å².